The molecule has 0 radical (unpaired) electrons. The number of para-hydroxylation sites is 1. The van der Waals surface area contributed by atoms with E-state index < -0.39 is 17.6 Å². The minimum atomic E-state index is -4.56. The Balaban J connectivity index is 2.05. The van der Waals surface area contributed by atoms with Crippen LogP contribution in [0.3, 0.4) is 0 Å². The van der Waals surface area contributed by atoms with Crippen LogP contribution in [0.2, 0.25) is 5.02 Å². The Bertz CT molecular complexity index is 736. The number of aliphatic hydroxyl groups excluding tert-OH is 1. The zero-order valence-electron chi connectivity index (χ0n) is 12.3. The molecule has 2 aromatic carbocycles. The Morgan fingerprint density at radius 3 is 2.50 bits per heavy atom. The predicted molar refractivity (Wildman–Crippen MR) is 85.9 cm³/mol. The standard InChI is InChI=1S/C16H14ClF3N2O2/c17-12-6-5-10(9-23)7-14(12)21-8-15(24)22-13-4-2-1-3-11(13)16(18,19)20/h1-7,21,23H,8-9H2,(H,22,24). The molecule has 4 nitrogen and oxygen atoms in total. The molecule has 0 aliphatic carbocycles. The monoisotopic (exact) mass is 358 g/mol. The van der Waals surface area contributed by atoms with Gasteiger partial charge < -0.3 is 15.7 Å². The van der Waals surface area contributed by atoms with Crippen molar-refractivity contribution in [3.63, 3.8) is 0 Å². The van der Waals surface area contributed by atoms with Gasteiger partial charge in [0.25, 0.3) is 0 Å². The molecule has 0 spiro atoms. The lowest BCUT2D eigenvalue weighted by Gasteiger charge is -2.14. The third-order valence-corrected chi connectivity index (χ3v) is 3.49. The fourth-order valence-electron chi connectivity index (χ4n) is 2.02. The van der Waals surface area contributed by atoms with E-state index in [0.29, 0.717) is 16.3 Å². The number of anilines is 2. The molecular formula is C16H14ClF3N2O2. The summed E-state index contributed by atoms with van der Waals surface area (Å²) in [6.07, 6.45) is -4.56. The number of hydrogen-bond donors (Lipinski definition) is 3. The average Bonchev–Trinajstić information content (AvgIpc) is 2.53. The van der Waals surface area contributed by atoms with Crippen molar-refractivity contribution in [3.8, 4) is 0 Å². The van der Waals surface area contributed by atoms with Crippen LogP contribution < -0.4 is 10.6 Å². The van der Waals surface area contributed by atoms with Crippen molar-refractivity contribution in [2.45, 2.75) is 12.8 Å². The number of nitrogens with one attached hydrogen (secondary N) is 2. The molecule has 2 rings (SSSR count). The van der Waals surface area contributed by atoms with Gasteiger partial charge in [-0.2, -0.15) is 13.2 Å². The van der Waals surface area contributed by atoms with Gasteiger partial charge in [0, 0.05) is 0 Å². The van der Waals surface area contributed by atoms with Crippen molar-refractivity contribution in [3.05, 3.63) is 58.6 Å². The lowest BCUT2D eigenvalue weighted by Crippen LogP contribution is -2.23. The van der Waals surface area contributed by atoms with Crippen LogP contribution in [0.4, 0.5) is 24.5 Å². The van der Waals surface area contributed by atoms with E-state index in [1.807, 2.05) is 0 Å². The Hall–Kier alpha value is -2.25. The Labute approximate surface area is 141 Å². The fraction of sp³-hybridized carbons (Fsp3) is 0.188. The fourth-order valence-corrected chi connectivity index (χ4v) is 2.20. The summed E-state index contributed by atoms with van der Waals surface area (Å²) in [4.78, 5) is 11.9. The van der Waals surface area contributed by atoms with E-state index in [2.05, 4.69) is 10.6 Å². The first-order valence-corrected chi connectivity index (χ1v) is 7.28. The van der Waals surface area contributed by atoms with Crippen LogP contribution in [0, 0.1) is 0 Å². The topological polar surface area (TPSA) is 61.4 Å². The summed E-state index contributed by atoms with van der Waals surface area (Å²) in [5.74, 6) is -0.655. The van der Waals surface area contributed by atoms with Crippen LogP contribution in [0.1, 0.15) is 11.1 Å². The van der Waals surface area contributed by atoms with Gasteiger partial charge in [0.05, 0.1) is 35.1 Å². The van der Waals surface area contributed by atoms with E-state index in [1.54, 1.807) is 18.2 Å². The van der Waals surface area contributed by atoms with Crippen LogP contribution in [0.15, 0.2) is 42.5 Å². The van der Waals surface area contributed by atoms with E-state index in [-0.39, 0.29) is 18.8 Å². The third-order valence-electron chi connectivity index (χ3n) is 3.16. The maximum atomic E-state index is 12.9. The largest absolute Gasteiger partial charge is 0.418 e. The summed E-state index contributed by atoms with van der Waals surface area (Å²) in [5, 5.41) is 14.4. The number of carbonyl (C=O) groups is 1. The van der Waals surface area contributed by atoms with Crippen LogP contribution >= 0.6 is 11.6 Å². The zero-order valence-corrected chi connectivity index (χ0v) is 13.1. The van der Waals surface area contributed by atoms with Crippen LogP contribution in [-0.4, -0.2) is 17.6 Å². The molecule has 0 saturated carbocycles. The van der Waals surface area contributed by atoms with Crippen molar-refractivity contribution < 1.29 is 23.1 Å². The van der Waals surface area contributed by atoms with Crippen LogP contribution in [0.5, 0.6) is 0 Å². The van der Waals surface area contributed by atoms with E-state index in [1.165, 1.54) is 18.2 Å². The lowest BCUT2D eigenvalue weighted by molar-refractivity contribution is -0.137. The first-order chi connectivity index (χ1) is 11.3. The maximum absolute atomic E-state index is 12.9. The van der Waals surface area contributed by atoms with E-state index in [4.69, 9.17) is 16.7 Å². The molecule has 0 atom stereocenters. The number of benzene rings is 2. The van der Waals surface area contributed by atoms with Crippen LogP contribution in [0.25, 0.3) is 0 Å². The highest BCUT2D eigenvalue weighted by Crippen LogP contribution is 2.34. The molecule has 0 bridgehead atoms. The number of aliphatic hydroxyl groups is 1. The summed E-state index contributed by atoms with van der Waals surface area (Å²) in [5.41, 5.74) is -0.238. The van der Waals surface area contributed by atoms with Gasteiger partial charge >= 0.3 is 6.18 Å². The number of carbonyl (C=O) groups excluding carboxylic acids is 1. The molecule has 0 aliphatic heterocycles. The van der Waals surface area contributed by atoms with Crippen molar-refractivity contribution in [1.82, 2.24) is 0 Å². The second-order valence-corrected chi connectivity index (χ2v) is 5.32. The highest BCUT2D eigenvalue weighted by atomic mass is 35.5. The molecule has 24 heavy (non-hydrogen) atoms. The second-order valence-electron chi connectivity index (χ2n) is 4.92. The molecule has 2 aromatic rings. The molecule has 0 aromatic heterocycles. The summed E-state index contributed by atoms with van der Waals surface area (Å²) in [6, 6.07) is 9.44. The van der Waals surface area contributed by atoms with Gasteiger partial charge in [-0.1, -0.05) is 29.8 Å². The Morgan fingerprint density at radius 2 is 1.83 bits per heavy atom. The molecular weight excluding hydrogens is 345 g/mol. The SMILES string of the molecule is O=C(CNc1cc(CO)ccc1Cl)Nc1ccccc1C(F)(F)F. The van der Waals surface area contributed by atoms with E-state index >= 15 is 0 Å². The summed E-state index contributed by atoms with van der Waals surface area (Å²) in [6.45, 7) is -0.474. The van der Waals surface area contributed by atoms with Gasteiger partial charge in [-0.15, -0.1) is 0 Å². The molecule has 0 aliphatic rings. The summed E-state index contributed by atoms with van der Waals surface area (Å²) in [7, 11) is 0. The average molecular weight is 359 g/mol. The van der Waals surface area contributed by atoms with Crippen molar-refractivity contribution in [2.75, 3.05) is 17.2 Å². The van der Waals surface area contributed by atoms with Crippen molar-refractivity contribution in [1.29, 1.82) is 0 Å². The number of halogens is 4. The maximum Gasteiger partial charge on any atom is 0.418 e. The van der Waals surface area contributed by atoms with E-state index in [0.717, 1.165) is 6.07 Å². The van der Waals surface area contributed by atoms with Gasteiger partial charge in [-0.25, -0.2) is 0 Å². The number of alkyl halides is 3. The number of hydrogen-bond acceptors (Lipinski definition) is 3. The molecule has 8 heteroatoms. The molecule has 128 valence electrons. The van der Waals surface area contributed by atoms with Gasteiger partial charge in [-0.05, 0) is 29.8 Å². The first-order valence-electron chi connectivity index (χ1n) is 6.90. The van der Waals surface area contributed by atoms with Crippen LogP contribution in [-0.2, 0) is 17.6 Å². The molecule has 3 N–H and O–H groups in total. The zero-order chi connectivity index (χ0) is 17.7. The Kier molecular flexibility index (Phi) is 5.69. The van der Waals surface area contributed by atoms with Crippen molar-refractivity contribution in [2.24, 2.45) is 0 Å². The van der Waals surface area contributed by atoms with Gasteiger partial charge in [0.15, 0.2) is 0 Å². The minimum absolute atomic E-state index is 0.197. The molecule has 0 fully saturated rings. The summed E-state index contributed by atoms with van der Waals surface area (Å²) >= 11 is 5.96. The predicted octanol–water partition coefficient (Wildman–Crippen LogP) is 3.90. The number of rotatable bonds is 5. The van der Waals surface area contributed by atoms with Crippen molar-refractivity contribution >= 4 is 28.9 Å². The Morgan fingerprint density at radius 1 is 1.12 bits per heavy atom. The quantitative estimate of drug-likeness (QED) is 0.759. The third kappa shape index (κ3) is 4.62. The van der Waals surface area contributed by atoms with Gasteiger partial charge in [0.1, 0.15) is 0 Å². The second kappa shape index (κ2) is 7.55. The smallest absolute Gasteiger partial charge is 0.392 e. The first kappa shape index (κ1) is 18.1. The molecule has 0 unspecified atom stereocenters. The minimum Gasteiger partial charge on any atom is -0.392 e. The highest BCUT2D eigenvalue weighted by molar-refractivity contribution is 6.33. The number of amides is 1. The van der Waals surface area contributed by atoms with Gasteiger partial charge in [-0.3, -0.25) is 4.79 Å². The van der Waals surface area contributed by atoms with Gasteiger partial charge in [0.2, 0.25) is 5.91 Å². The highest BCUT2D eigenvalue weighted by Gasteiger charge is 2.33. The lowest BCUT2D eigenvalue weighted by atomic mass is 10.1. The normalized spacial score (nSPS) is 11.2. The molecule has 1 amide bonds. The summed E-state index contributed by atoms with van der Waals surface area (Å²) < 4.78 is 38.6. The molecule has 0 heterocycles. The molecule has 0 saturated heterocycles. The van der Waals surface area contributed by atoms with E-state index in [9.17, 15) is 18.0 Å².